The number of nitrogens with one attached hydrogen (secondary N) is 2. The Morgan fingerprint density at radius 2 is 1.86 bits per heavy atom. The standard InChI is InChI=1S/C21H29N3O4/c1-14(2)22-19(25)16-12-24(13-21(16)7-3-4-8-21)20(26)23-15-5-6-17-18(11-15)28-10-9-27-17/h5-6,11,14,16H,3-4,7-10,12-13H2,1-2H3,(H,22,25)(H,23,26). The van der Waals surface area contributed by atoms with E-state index in [-0.39, 0.29) is 29.3 Å². The third-order valence-corrected chi connectivity index (χ3v) is 6.08. The Kier molecular flexibility index (Phi) is 5.08. The molecule has 1 saturated carbocycles. The molecule has 1 atom stereocenters. The van der Waals surface area contributed by atoms with Gasteiger partial charge in [0.2, 0.25) is 5.91 Å². The minimum absolute atomic E-state index is 0.0755. The lowest BCUT2D eigenvalue weighted by atomic mass is 9.76. The molecule has 2 heterocycles. The number of carbonyl (C=O) groups is 2. The normalized spacial score (nSPS) is 22.5. The zero-order chi connectivity index (χ0) is 19.7. The highest BCUT2D eigenvalue weighted by molar-refractivity contribution is 5.91. The molecular formula is C21H29N3O4. The number of fused-ring (bicyclic) bond motifs is 1. The first-order valence-corrected chi connectivity index (χ1v) is 10.2. The van der Waals surface area contributed by atoms with Gasteiger partial charge in [-0.15, -0.1) is 0 Å². The predicted molar refractivity (Wildman–Crippen MR) is 106 cm³/mol. The predicted octanol–water partition coefficient (Wildman–Crippen LogP) is 3.01. The van der Waals surface area contributed by atoms with Crippen molar-refractivity contribution >= 4 is 17.6 Å². The van der Waals surface area contributed by atoms with Crippen LogP contribution in [0.5, 0.6) is 11.5 Å². The van der Waals surface area contributed by atoms with Crippen LogP contribution >= 0.6 is 0 Å². The van der Waals surface area contributed by atoms with E-state index >= 15 is 0 Å². The Balaban J connectivity index is 1.46. The van der Waals surface area contributed by atoms with E-state index < -0.39 is 0 Å². The molecule has 2 fully saturated rings. The van der Waals surface area contributed by atoms with Gasteiger partial charge in [-0.25, -0.2) is 4.79 Å². The Morgan fingerprint density at radius 1 is 1.14 bits per heavy atom. The fourth-order valence-corrected chi connectivity index (χ4v) is 4.78. The summed E-state index contributed by atoms with van der Waals surface area (Å²) in [6.45, 7) is 6.09. The molecule has 7 heteroatoms. The average Bonchev–Trinajstić information content (AvgIpc) is 3.29. The molecule has 1 aliphatic carbocycles. The lowest BCUT2D eigenvalue weighted by molar-refractivity contribution is -0.128. The van der Waals surface area contributed by atoms with Gasteiger partial charge >= 0.3 is 6.03 Å². The Labute approximate surface area is 165 Å². The van der Waals surface area contributed by atoms with Crippen molar-refractivity contribution in [2.24, 2.45) is 11.3 Å². The van der Waals surface area contributed by atoms with Gasteiger partial charge in [0, 0.05) is 36.3 Å². The highest BCUT2D eigenvalue weighted by Gasteiger charge is 2.52. The first-order valence-electron chi connectivity index (χ1n) is 10.2. The van der Waals surface area contributed by atoms with E-state index in [4.69, 9.17) is 9.47 Å². The van der Waals surface area contributed by atoms with Crippen LogP contribution in [0.15, 0.2) is 18.2 Å². The zero-order valence-electron chi connectivity index (χ0n) is 16.6. The smallest absolute Gasteiger partial charge is 0.321 e. The van der Waals surface area contributed by atoms with Crippen molar-refractivity contribution in [2.45, 2.75) is 45.6 Å². The lowest BCUT2D eigenvalue weighted by Crippen LogP contribution is -2.42. The number of nitrogens with zero attached hydrogens (tertiary/aromatic N) is 1. The molecule has 3 aliphatic rings. The molecule has 0 aromatic heterocycles. The van der Waals surface area contributed by atoms with E-state index in [1.807, 2.05) is 26.0 Å². The summed E-state index contributed by atoms with van der Waals surface area (Å²) in [7, 11) is 0. The number of ether oxygens (including phenoxy) is 2. The van der Waals surface area contributed by atoms with Crippen LogP contribution < -0.4 is 20.1 Å². The molecule has 0 bridgehead atoms. The number of amides is 3. The number of benzene rings is 1. The largest absolute Gasteiger partial charge is 0.486 e. The maximum absolute atomic E-state index is 12.9. The molecule has 2 aliphatic heterocycles. The first-order chi connectivity index (χ1) is 13.5. The Hall–Kier alpha value is -2.44. The molecule has 1 aromatic carbocycles. The third-order valence-electron chi connectivity index (χ3n) is 6.08. The number of rotatable bonds is 3. The first kappa shape index (κ1) is 18.9. The van der Waals surface area contributed by atoms with Gasteiger partial charge in [0.1, 0.15) is 13.2 Å². The van der Waals surface area contributed by atoms with E-state index in [2.05, 4.69) is 10.6 Å². The Morgan fingerprint density at radius 3 is 2.57 bits per heavy atom. The molecule has 1 spiro atoms. The topological polar surface area (TPSA) is 79.9 Å². The summed E-state index contributed by atoms with van der Waals surface area (Å²) >= 11 is 0. The highest BCUT2D eigenvalue weighted by Crippen LogP contribution is 2.49. The van der Waals surface area contributed by atoms with Gasteiger partial charge in [0.05, 0.1) is 5.92 Å². The van der Waals surface area contributed by atoms with E-state index in [0.717, 1.165) is 25.7 Å². The maximum atomic E-state index is 12.9. The number of anilines is 1. The van der Waals surface area contributed by atoms with Crippen molar-refractivity contribution in [1.82, 2.24) is 10.2 Å². The van der Waals surface area contributed by atoms with Gasteiger partial charge in [0.25, 0.3) is 0 Å². The van der Waals surface area contributed by atoms with Gasteiger partial charge in [-0.1, -0.05) is 12.8 Å². The van der Waals surface area contributed by atoms with Crippen LogP contribution in [0, 0.1) is 11.3 Å². The van der Waals surface area contributed by atoms with Crippen LogP contribution in [0.4, 0.5) is 10.5 Å². The van der Waals surface area contributed by atoms with Crippen molar-refractivity contribution in [3.63, 3.8) is 0 Å². The second-order valence-corrected chi connectivity index (χ2v) is 8.45. The second-order valence-electron chi connectivity index (χ2n) is 8.45. The van der Waals surface area contributed by atoms with Gasteiger partial charge in [0.15, 0.2) is 11.5 Å². The minimum Gasteiger partial charge on any atom is -0.486 e. The van der Waals surface area contributed by atoms with Crippen LogP contribution in [-0.4, -0.2) is 49.2 Å². The molecule has 7 nitrogen and oxygen atoms in total. The fourth-order valence-electron chi connectivity index (χ4n) is 4.78. The summed E-state index contributed by atoms with van der Waals surface area (Å²) in [5.74, 6) is 1.28. The molecule has 152 valence electrons. The van der Waals surface area contributed by atoms with Gasteiger partial charge in [-0.2, -0.15) is 0 Å². The Bertz CT molecular complexity index is 758. The van der Waals surface area contributed by atoms with Crippen molar-refractivity contribution in [3.8, 4) is 11.5 Å². The zero-order valence-corrected chi connectivity index (χ0v) is 16.6. The fraction of sp³-hybridized carbons (Fsp3) is 0.619. The molecule has 2 N–H and O–H groups in total. The number of urea groups is 1. The number of likely N-dealkylation sites (tertiary alicyclic amines) is 1. The summed E-state index contributed by atoms with van der Waals surface area (Å²) in [6.07, 6.45) is 4.28. The van der Waals surface area contributed by atoms with Crippen molar-refractivity contribution in [3.05, 3.63) is 18.2 Å². The number of hydrogen-bond acceptors (Lipinski definition) is 4. The monoisotopic (exact) mass is 387 g/mol. The van der Waals surface area contributed by atoms with E-state index in [1.54, 1.807) is 11.0 Å². The van der Waals surface area contributed by atoms with Crippen LogP contribution in [0.3, 0.4) is 0 Å². The van der Waals surface area contributed by atoms with Gasteiger partial charge in [-0.3, -0.25) is 4.79 Å². The number of carbonyl (C=O) groups excluding carboxylic acids is 2. The summed E-state index contributed by atoms with van der Waals surface area (Å²) < 4.78 is 11.1. The van der Waals surface area contributed by atoms with Gasteiger partial charge in [-0.05, 0) is 38.8 Å². The molecule has 1 aromatic rings. The second kappa shape index (κ2) is 7.53. The molecule has 28 heavy (non-hydrogen) atoms. The lowest BCUT2D eigenvalue weighted by Gasteiger charge is -2.29. The maximum Gasteiger partial charge on any atom is 0.321 e. The van der Waals surface area contributed by atoms with E-state index in [1.165, 1.54) is 0 Å². The van der Waals surface area contributed by atoms with Crippen LogP contribution in [0.1, 0.15) is 39.5 Å². The summed E-state index contributed by atoms with van der Waals surface area (Å²) in [4.78, 5) is 27.5. The van der Waals surface area contributed by atoms with E-state index in [9.17, 15) is 9.59 Å². The third kappa shape index (κ3) is 3.62. The van der Waals surface area contributed by atoms with Crippen molar-refractivity contribution in [2.75, 3.05) is 31.6 Å². The number of hydrogen-bond donors (Lipinski definition) is 2. The summed E-state index contributed by atoms with van der Waals surface area (Å²) in [5, 5.41) is 6.01. The summed E-state index contributed by atoms with van der Waals surface area (Å²) in [6, 6.07) is 5.35. The van der Waals surface area contributed by atoms with Crippen LogP contribution in [0.25, 0.3) is 0 Å². The molecule has 0 radical (unpaired) electrons. The van der Waals surface area contributed by atoms with Crippen molar-refractivity contribution < 1.29 is 19.1 Å². The molecule has 4 rings (SSSR count). The average molecular weight is 387 g/mol. The van der Waals surface area contributed by atoms with E-state index in [0.29, 0.717) is 43.5 Å². The molecule has 1 saturated heterocycles. The highest BCUT2D eigenvalue weighted by atomic mass is 16.6. The SMILES string of the molecule is CC(C)NC(=O)C1CN(C(=O)Nc2ccc3c(c2)OCCO3)CC12CCCC2. The quantitative estimate of drug-likeness (QED) is 0.836. The van der Waals surface area contributed by atoms with Crippen LogP contribution in [-0.2, 0) is 4.79 Å². The molecular weight excluding hydrogens is 358 g/mol. The summed E-state index contributed by atoms with van der Waals surface area (Å²) in [5.41, 5.74) is 0.591. The molecule has 1 unspecified atom stereocenters. The molecule has 3 amide bonds. The van der Waals surface area contributed by atoms with Gasteiger partial charge < -0.3 is 25.0 Å². The van der Waals surface area contributed by atoms with Crippen LogP contribution in [0.2, 0.25) is 0 Å². The van der Waals surface area contributed by atoms with Crippen molar-refractivity contribution in [1.29, 1.82) is 0 Å². The minimum atomic E-state index is -0.164.